The zero-order valence-corrected chi connectivity index (χ0v) is 11.0. The van der Waals surface area contributed by atoms with Crippen LogP contribution in [0, 0.1) is 0 Å². The van der Waals surface area contributed by atoms with Crippen LogP contribution in [0.5, 0.6) is 0 Å². The van der Waals surface area contributed by atoms with E-state index in [4.69, 9.17) is 5.73 Å². The fourth-order valence-corrected chi connectivity index (χ4v) is 2.23. The minimum absolute atomic E-state index is 0.0759. The highest BCUT2D eigenvalue weighted by molar-refractivity contribution is 5.81. The standard InChI is InChI=1S/C12H21N5O/c1-9(13)12(18)15-10-4-3-5-17(7-10)11-6-14-16(2)8-11/h6,8-10H,3-5,7,13H2,1-2H3,(H,15,18)/t9-,10?/m1/s1. The third kappa shape index (κ3) is 3.01. The smallest absolute Gasteiger partial charge is 0.236 e. The first kappa shape index (κ1) is 12.9. The molecular weight excluding hydrogens is 230 g/mol. The first-order chi connectivity index (χ1) is 8.56. The predicted molar refractivity (Wildman–Crippen MR) is 70.2 cm³/mol. The summed E-state index contributed by atoms with van der Waals surface area (Å²) in [4.78, 5) is 13.8. The Bertz CT molecular complexity index is 414. The zero-order valence-electron chi connectivity index (χ0n) is 11.0. The fraction of sp³-hybridized carbons (Fsp3) is 0.667. The highest BCUT2D eigenvalue weighted by Crippen LogP contribution is 2.18. The van der Waals surface area contributed by atoms with E-state index >= 15 is 0 Å². The molecule has 1 saturated heterocycles. The molecule has 0 spiro atoms. The Labute approximate surface area is 107 Å². The van der Waals surface area contributed by atoms with Gasteiger partial charge >= 0.3 is 0 Å². The van der Waals surface area contributed by atoms with E-state index in [0.717, 1.165) is 31.6 Å². The van der Waals surface area contributed by atoms with Crippen LogP contribution in [0.25, 0.3) is 0 Å². The highest BCUT2D eigenvalue weighted by Gasteiger charge is 2.23. The topological polar surface area (TPSA) is 76.2 Å². The van der Waals surface area contributed by atoms with E-state index in [9.17, 15) is 4.79 Å². The van der Waals surface area contributed by atoms with Gasteiger partial charge in [0.15, 0.2) is 0 Å². The molecule has 1 aromatic heterocycles. The largest absolute Gasteiger partial charge is 0.367 e. The van der Waals surface area contributed by atoms with Gasteiger partial charge in [-0.2, -0.15) is 5.10 Å². The van der Waals surface area contributed by atoms with Gasteiger partial charge in [0.05, 0.1) is 17.9 Å². The number of hydrogen-bond acceptors (Lipinski definition) is 4. The predicted octanol–water partition coefficient (Wildman–Crippen LogP) is -0.148. The van der Waals surface area contributed by atoms with E-state index in [-0.39, 0.29) is 11.9 Å². The van der Waals surface area contributed by atoms with Gasteiger partial charge in [-0.15, -0.1) is 0 Å². The van der Waals surface area contributed by atoms with E-state index in [0.29, 0.717) is 0 Å². The number of amides is 1. The Morgan fingerprint density at radius 3 is 3.06 bits per heavy atom. The molecule has 1 aliphatic rings. The molecule has 100 valence electrons. The van der Waals surface area contributed by atoms with Crippen LogP contribution in [0.2, 0.25) is 0 Å². The van der Waals surface area contributed by atoms with Crippen LogP contribution >= 0.6 is 0 Å². The molecule has 0 saturated carbocycles. The second-order valence-electron chi connectivity index (χ2n) is 4.95. The molecule has 1 aromatic rings. The van der Waals surface area contributed by atoms with E-state index in [1.54, 1.807) is 11.6 Å². The number of aryl methyl sites for hydroxylation is 1. The van der Waals surface area contributed by atoms with Crippen LogP contribution in [-0.4, -0.2) is 40.9 Å². The number of aromatic nitrogens is 2. The molecule has 6 heteroatoms. The van der Waals surface area contributed by atoms with E-state index in [1.807, 2.05) is 19.4 Å². The Morgan fingerprint density at radius 2 is 2.44 bits per heavy atom. The van der Waals surface area contributed by atoms with Crippen molar-refractivity contribution in [1.29, 1.82) is 0 Å². The summed E-state index contributed by atoms with van der Waals surface area (Å²) in [5, 5.41) is 7.17. The average molecular weight is 251 g/mol. The van der Waals surface area contributed by atoms with Crippen LogP contribution in [0.1, 0.15) is 19.8 Å². The summed E-state index contributed by atoms with van der Waals surface area (Å²) in [6.45, 7) is 3.54. The van der Waals surface area contributed by atoms with E-state index in [1.165, 1.54) is 0 Å². The number of nitrogens with zero attached hydrogens (tertiary/aromatic N) is 3. The third-order valence-corrected chi connectivity index (χ3v) is 3.24. The van der Waals surface area contributed by atoms with Gasteiger partial charge in [-0.25, -0.2) is 0 Å². The van der Waals surface area contributed by atoms with Gasteiger partial charge in [0, 0.05) is 32.4 Å². The maximum absolute atomic E-state index is 11.6. The van der Waals surface area contributed by atoms with Gasteiger partial charge in [-0.05, 0) is 19.8 Å². The second kappa shape index (κ2) is 5.39. The van der Waals surface area contributed by atoms with Gasteiger partial charge in [-0.1, -0.05) is 0 Å². The molecule has 0 bridgehead atoms. The number of anilines is 1. The number of hydrogen-bond donors (Lipinski definition) is 2. The van der Waals surface area contributed by atoms with Crippen LogP contribution < -0.4 is 16.0 Å². The number of piperidine rings is 1. The van der Waals surface area contributed by atoms with Gasteiger partial charge < -0.3 is 16.0 Å². The van der Waals surface area contributed by atoms with E-state index < -0.39 is 6.04 Å². The Kier molecular flexibility index (Phi) is 3.86. The quantitative estimate of drug-likeness (QED) is 0.783. The van der Waals surface area contributed by atoms with Crippen molar-refractivity contribution in [3.05, 3.63) is 12.4 Å². The molecular formula is C12H21N5O. The highest BCUT2D eigenvalue weighted by atomic mass is 16.2. The van der Waals surface area contributed by atoms with Crippen LogP contribution in [0.3, 0.4) is 0 Å². The number of carbonyl (C=O) groups is 1. The number of carbonyl (C=O) groups excluding carboxylic acids is 1. The summed E-state index contributed by atoms with van der Waals surface area (Å²) in [6, 6.07) is -0.267. The van der Waals surface area contributed by atoms with Gasteiger partial charge in [0.25, 0.3) is 0 Å². The van der Waals surface area contributed by atoms with Crippen molar-refractivity contribution in [2.24, 2.45) is 12.8 Å². The first-order valence-electron chi connectivity index (χ1n) is 6.36. The van der Waals surface area contributed by atoms with Gasteiger partial charge in [0.1, 0.15) is 0 Å². The summed E-state index contributed by atoms with van der Waals surface area (Å²) < 4.78 is 1.79. The lowest BCUT2D eigenvalue weighted by atomic mass is 10.1. The molecule has 1 unspecified atom stereocenters. The van der Waals surface area contributed by atoms with Gasteiger partial charge in [-0.3, -0.25) is 9.48 Å². The molecule has 0 radical (unpaired) electrons. The Morgan fingerprint density at radius 1 is 1.67 bits per heavy atom. The normalized spacial score (nSPS) is 21.7. The number of nitrogens with one attached hydrogen (secondary N) is 1. The molecule has 6 nitrogen and oxygen atoms in total. The van der Waals surface area contributed by atoms with E-state index in [2.05, 4.69) is 15.3 Å². The van der Waals surface area contributed by atoms with Crippen molar-refractivity contribution in [2.75, 3.05) is 18.0 Å². The zero-order chi connectivity index (χ0) is 13.1. The molecule has 1 amide bonds. The molecule has 2 atom stereocenters. The first-order valence-corrected chi connectivity index (χ1v) is 6.36. The van der Waals surface area contributed by atoms with Crippen molar-refractivity contribution in [3.63, 3.8) is 0 Å². The molecule has 18 heavy (non-hydrogen) atoms. The number of rotatable bonds is 3. The lowest BCUT2D eigenvalue weighted by Gasteiger charge is -2.34. The van der Waals surface area contributed by atoms with Gasteiger partial charge in [0.2, 0.25) is 5.91 Å². The molecule has 1 aliphatic heterocycles. The Hall–Kier alpha value is -1.56. The minimum Gasteiger partial charge on any atom is -0.367 e. The van der Waals surface area contributed by atoms with Crippen molar-refractivity contribution in [3.8, 4) is 0 Å². The maximum Gasteiger partial charge on any atom is 0.236 e. The third-order valence-electron chi connectivity index (χ3n) is 3.24. The Balaban J connectivity index is 1.94. The van der Waals surface area contributed by atoms with Crippen molar-refractivity contribution in [1.82, 2.24) is 15.1 Å². The molecule has 1 fully saturated rings. The lowest BCUT2D eigenvalue weighted by Crippen LogP contribution is -2.51. The minimum atomic E-state index is -0.446. The maximum atomic E-state index is 11.6. The summed E-state index contributed by atoms with van der Waals surface area (Å²) in [6.07, 6.45) is 5.93. The SMILES string of the molecule is C[C@@H](N)C(=O)NC1CCCN(c2cnn(C)c2)C1. The summed E-state index contributed by atoms with van der Waals surface area (Å²) in [7, 11) is 1.91. The fourth-order valence-electron chi connectivity index (χ4n) is 2.23. The van der Waals surface area contributed by atoms with Crippen molar-refractivity contribution in [2.45, 2.75) is 31.8 Å². The molecule has 2 rings (SSSR count). The molecule has 3 N–H and O–H groups in total. The summed E-state index contributed by atoms with van der Waals surface area (Å²) in [5.74, 6) is -0.0759. The van der Waals surface area contributed by atoms with Crippen LogP contribution in [-0.2, 0) is 11.8 Å². The second-order valence-corrected chi connectivity index (χ2v) is 4.95. The number of nitrogens with two attached hydrogens (primary N) is 1. The average Bonchev–Trinajstić information content (AvgIpc) is 2.76. The monoisotopic (exact) mass is 251 g/mol. The summed E-state index contributed by atoms with van der Waals surface area (Å²) >= 11 is 0. The molecule has 0 aromatic carbocycles. The van der Waals surface area contributed by atoms with Crippen LogP contribution in [0.15, 0.2) is 12.4 Å². The lowest BCUT2D eigenvalue weighted by molar-refractivity contribution is -0.122. The molecule has 0 aliphatic carbocycles. The van der Waals surface area contributed by atoms with Crippen molar-refractivity contribution >= 4 is 11.6 Å². The van der Waals surface area contributed by atoms with Crippen molar-refractivity contribution < 1.29 is 4.79 Å². The summed E-state index contributed by atoms with van der Waals surface area (Å²) in [5.41, 5.74) is 6.67. The van der Waals surface area contributed by atoms with Crippen LogP contribution in [0.4, 0.5) is 5.69 Å². The molecule has 2 heterocycles.